The Morgan fingerprint density at radius 2 is 2.05 bits per heavy atom. The minimum absolute atomic E-state index is 0.514. The highest BCUT2D eigenvalue weighted by molar-refractivity contribution is 9.10. The highest BCUT2D eigenvalue weighted by Gasteiger charge is 2.10. The lowest BCUT2D eigenvalue weighted by molar-refractivity contribution is 0.478. The summed E-state index contributed by atoms with van der Waals surface area (Å²) in [5.74, 6) is 0.667. The van der Waals surface area contributed by atoms with Crippen LogP contribution in [0.3, 0.4) is 0 Å². The first-order valence-electron chi connectivity index (χ1n) is 8.13. The number of oxazole rings is 1. The van der Waals surface area contributed by atoms with E-state index in [0.29, 0.717) is 11.9 Å². The molecule has 0 aliphatic rings. The van der Waals surface area contributed by atoms with Gasteiger partial charge in [0.2, 0.25) is 5.89 Å². The van der Waals surface area contributed by atoms with Crippen molar-refractivity contribution in [3.05, 3.63) is 40.7 Å². The molecule has 0 bridgehead atoms. The molecule has 0 amide bonds. The predicted molar refractivity (Wildman–Crippen MR) is 94.7 cm³/mol. The van der Waals surface area contributed by atoms with Gasteiger partial charge in [-0.1, -0.05) is 44.7 Å². The molecule has 0 aliphatic carbocycles. The molecule has 0 radical (unpaired) electrons. The van der Waals surface area contributed by atoms with E-state index in [1.807, 2.05) is 24.3 Å². The van der Waals surface area contributed by atoms with Gasteiger partial charge in [0.1, 0.15) is 6.26 Å². The third-order valence-corrected chi connectivity index (χ3v) is 4.47. The van der Waals surface area contributed by atoms with E-state index < -0.39 is 0 Å². The Morgan fingerprint density at radius 3 is 2.82 bits per heavy atom. The molecule has 0 spiro atoms. The van der Waals surface area contributed by atoms with Gasteiger partial charge in [-0.05, 0) is 41.4 Å². The van der Waals surface area contributed by atoms with Gasteiger partial charge in [-0.2, -0.15) is 0 Å². The average molecular weight is 365 g/mol. The first-order valence-corrected chi connectivity index (χ1v) is 8.92. The van der Waals surface area contributed by atoms with Crippen molar-refractivity contribution in [1.82, 2.24) is 10.3 Å². The van der Waals surface area contributed by atoms with Crippen LogP contribution in [0.4, 0.5) is 0 Å². The van der Waals surface area contributed by atoms with Gasteiger partial charge in [-0.15, -0.1) is 0 Å². The van der Waals surface area contributed by atoms with Crippen LogP contribution in [0.15, 0.2) is 39.4 Å². The number of benzene rings is 1. The molecule has 22 heavy (non-hydrogen) atoms. The van der Waals surface area contributed by atoms with E-state index in [4.69, 9.17) is 4.42 Å². The second-order valence-corrected chi connectivity index (χ2v) is 6.61. The number of nitrogens with one attached hydrogen (secondary N) is 1. The predicted octanol–water partition coefficient (Wildman–Crippen LogP) is 5.55. The van der Waals surface area contributed by atoms with Gasteiger partial charge in [0.05, 0.1) is 11.3 Å². The Bertz CT molecular complexity index is 568. The van der Waals surface area contributed by atoms with Crippen molar-refractivity contribution in [2.75, 3.05) is 0 Å². The smallest absolute Gasteiger partial charge is 0.227 e. The molecule has 1 heterocycles. The average Bonchev–Trinajstić information content (AvgIpc) is 2.99. The Kier molecular flexibility index (Phi) is 7.13. The Balaban J connectivity index is 1.81. The highest BCUT2D eigenvalue weighted by atomic mass is 79.9. The minimum Gasteiger partial charge on any atom is -0.444 e. The zero-order valence-corrected chi connectivity index (χ0v) is 15.0. The van der Waals surface area contributed by atoms with Gasteiger partial charge in [0, 0.05) is 17.1 Å². The van der Waals surface area contributed by atoms with E-state index in [1.165, 1.54) is 32.1 Å². The van der Waals surface area contributed by atoms with E-state index >= 15 is 0 Å². The fourth-order valence-corrected chi connectivity index (χ4v) is 2.86. The number of unbranched alkanes of at least 4 members (excludes halogenated alkanes) is 3. The fraction of sp³-hybridized carbons (Fsp3) is 0.500. The van der Waals surface area contributed by atoms with E-state index in [2.05, 4.69) is 40.1 Å². The van der Waals surface area contributed by atoms with Crippen molar-refractivity contribution in [3.63, 3.8) is 0 Å². The molecular formula is C18H25BrN2O. The van der Waals surface area contributed by atoms with E-state index in [0.717, 1.165) is 22.3 Å². The molecule has 0 saturated carbocycles. The van der Waals surface area contributed by atoms with Crippen LogP contribution in [-0.4, -0.2) is 11.0 Å². The lowest BCUT2D eigenvalue weighted by Gasteiger charge is -2.12. The fourth-order valence-electron chi connectivity index (χ4n) is 2.40. The van der Waals surface area contributed by atoms with Crippen LogP contribution in [0.2, 0.25) is 0 Å². The lowest BCUT2D eigenvalue weighted by atomic mass is 10.1. The van der Waals surface area contributed by atoms with Crippen LogP contribution in [0.25, 0.3) is 11.5 Å². The largest absolute Gasteiger partial charge is 0.444 e. The quantitative estimate of drug-likeness (QED) is 0.592. The molecule has 0 saturated heterocycles. The number of aromatic nitrogens is 1. The summed E-state index contributed by atoms with van der Waals surface area (Å²) in [4.78, 5) is 4.56. The molecule has 2 aromatic rings. The van der Waals surface area contributed by atoms with Crippen molar-refractivity contribution >= 4 is 15.9 Å². The SMILES string of the molecule is CCCCCCC(C)NCc1coc(-c2ccccc2Br)n1. The summed E-state index contributed by atoms with van der Waals surface area (Å²) in [6.45, 7) is 5.23. The maximum atomic E-state index is 5.60. The first-order chi connectivity index (χ1) is 10.7. The van der Waals surface area contributed by atoms with E-state index in [1.54, 1.807) is 6.26 Å². The van der Waals surface area contributed by atoms with Crippen molar-refractivity contribution in [2.45, 2.75) is 58.5 Å². The second-order valence-electron chi connectivity index (χ2n) is 5.76. The summed E-state index contributed by atoms with van der Waals surface area (Å²) in [7, 11) is 0. The topological polar surface area (TPSA) is 38.1 Å². The molecular weight excluding hydrogens is 340 g/mol. The first kappa shape index (κ1) is 17.2. The van der Waals surface area contributed by atoms with Crippen molar-refractivity contribution in [1.29, 1.82) is 0 Å². The van der Waals surface area contributed by atoms with Crippen molar-refractivity contribution in [2.24, 2.45) is 0 Å². The molecule has 1 aromatic carbocycles. The summed E-state index contributed by atoms with van der Waals surface area (Å²) < 4.78 is 6.60. The monoisotopic (exact) mass is 364 g/mol. The van der Waals surface area contributed by atoms with Gasteiger partial charge in [-0.3, -0.25) is 0 Å². The van der Waals surface area contributed by atoms with Crippen LogP contribution < -0.4 is 5.32 Å². The van der Waals surface area contributed by atoms with Gasteiger partial charge < -0.3 is 9.73 Å². The van der Waals surface area contributed by atoms with E-state index in [9.17, 15) is 0 Å². The maximum Gasteiger partial charge on any atom is 0.227 e. The van der Waals surface area contributed by atoms with E-state index in [-0.39, 0.29) is 0 Å². The summed E-state index contributed by atoms with van der Waals surface area (Å²) in [6.07, 6.45) is 8.21. The summed E-state index contributed by atoms with van der Waals surface area (Å²) in [5, 5.41) is 3.52. The number of hydrogen-bond acceptors (Lipinski definition) is 3. The van der Waals surface area contributed by atoms with Gasteiger partial charge in [0.15, 0.2) is 0 Å². The summed E-state index contributed by atoms with van der Waals surface area (Å²) >= 11 is 3.53. The molecule has 0 aliphatic heterocycles. The zero-order valence-electron chi connectivity index (χ0n) is 13.4. The lowest BCUT2D eigenvalue weighted by Crippen LogP contribution is -2.25. The molecule has 0 fully saturated rings. The molecule has 2 rings (SSSR count). The van der Waals surface area contributed by atoms with Gasteiger partial charge in [0.25, 0.3) is 0 Å². The third kappa shape index (κ3) is 5.25. The van der Waals surface area contributed by atoms with Crippen LogP contribution >= 0.6 is 15.9 Å². The van der Waals surface area contributed by atoms with Crippen molar-refractivity contribution < 1.29 is 4.42 Å². The molecule has 3 nitrogen and oxygen atoms in total. The number of nitrogens with zero attached hydrogens (tertiary/aromatic N) is 1. The van der Waals surface area contributed by atoms with Crippen molar-refractivity contribution in [3.8, 4) is 11.5 Å². The third-order valence-electron chi connectivity index (χ3n) is 3.78. The highest BCUT2D eigenvalue weighted by Crippen LogP contribution is 2.27. The standard InChI is InChI=1S/C18H25BrN2O/c1-3-4-5-6-9-14(2)20-12-15-13-22-18(21-15)16-10-7-8-11-17(16)19/h7-8,10-11,13-14,20H,3-6,9,12H2,1-2H3. The maximum absolute atomic E-state index is 5.60. The molecule has 120 valence electrons. The minimum atomic E-state index is 0.514. The summed E-state index contributed by atoms with van der Waals surface area (Å²) in [5.41, 5.74) is 1.94. The molecule has 1 N–H and O–H groups in total. The Labute approximate surface area is 141 Å². The summed E-state index contributed by atoms with van der Waals surface area (Å²) in [6, 6.07) is 8.49. The van der Waals surface area contributed by atoms with Crippen LogP contribution in [0.5, 0.6) is 0 Å². The Hall–Kier alpha value is -1.13. The van der Waals surface area contributed by atoms with Crippen LogP contribution in [0, 0.1) is 0 Å². The van der Waals surface area contributed by atoms with Crippen LogP contribution in [0.1, 0.15) is 51.6 Å². The van der Waals surface area contributed by atoms with Gasteiger partial charge >= 0.3 is 0 Å². The molecule has 1 aromatic heterocycles. The Morgan fingerprint density at radius 1 is 1.23 bits per heavy atom. The molecule has 1 unspecified atom stereocenters. The second kappa shape index (κ2) is 9.11. The van der Waals surface area contributed by atoms with Gasteiger partial charge in [-0.25, -0.2) is 4.98 Å². The number of rotatable bonds is 9. The normalized spacial score (nSPS) is 12.5. The molecule has 4 heteroatoms. The number of halogens is 1. The number of hydrogen-bond donors (Lipinski definition) is 1. The molecule has 1 atom stereocenters. The zero-order chi connectivity index (χ0) is 15.8. The van der Waals surface area contributed by atoms with Crippen LogP contribution in [-0.2, 0) is 6.54 Å².